The lowest BCUT2D eigenvalue weighted by molar-refractivity contribution is 1.01. The number of nitrogens with one attached hydrogen (secondary N) is 1. The summed E-state index contributed by atoms with van der Waals surface area (Å²) in [5, 5.41) is 4.06. The van der Waals surface area contributed by atoms with E-state index in [1.165, 1.54) is 0 Å². The number of nitrogens with zero attached hydrogens (tertiary/aromatic N) is 3. The van der Waals surface area contributed by atoms with Gasteiger partial charge in [-0.2, -0.15) is 0 Å². The van der Waals surface area contributed by atoms with Crippen molar-refractivity contribution in [2.45, 2.75) is 20.4 Å². The van der Waals surface area contributed by atoms with Gasteiger partial charge >= 0.3 is 0 Å². The lowest BCUT2D eigenvalue weighted by Crippen LogP contribution is -1.99. The molecule has 0 aliphatic rings. The first-order chi connectivity index (χ1) is 9.61. The monoisotopic (exact) mass is 286 g/mol. The van der Waals surface area contributed by atoms with Gasteiger partial charge in [0.25, 0.3) is 0 Å². The standard InChI is InChI=1S/C15H15ClN4/c1-10-7-11(2)20-9-14(19-15(20)18-10)8-17-13-5-3-12(16)4-6-13/h3-7,9,17H,8H2,1-2H3. The first-order valence-electron chi connectivity index (χ1n) is 6.43. The minimum atomic E-state index is 0.656. The Bertz CT molecular complexity index is 746. The summed E-state index contributed by atoms with van der Waals surface area (Å²) >= 11 is 5.86. The van der Waals surface area contributed by atoms with Gasteiger partial charge in [-0.05, 0) is 44.2 Å². The number of rotatable bonds is 3. The molecule has 0 fully saturated rings. The Kier molecular flexibility index (Phi) is 3.32. The maximum atomic E-state index is 5.86. The Balaban J connectivity index is 1.81. The number of fused-ring (bicyclic) bond motifs is 1. The van der Waals surface area contributed by atoms with E-state index in [0.717, 1.165) is 33.6 Å². The molecule has 0 aliphatic carbocycles. The molecule has 5 heteroatoms. The molecule has 102 valence electrons. The van der Waals surface area contributed by atoms with Crippen molar-refractivity contribution < 1.29 is 0 Å². The molecule has 2 heterocycles. The van der Waals surface area contributed by atoms with E-state index >= 15 is 0 Å². The number of hydrogen-bond acceptors (Lipinski definition) is 3. The molecular formula is C15H15ClN4. The maximum absolute atomic E-state index is 5.86. The smallest absolute Gasteiger partial charge is 0.234 e. The van der Waals surface area contributed by atoms with E-state index in [4.69, 9.17) is 11.6 Å². The summed E-state index contributed by atoms with van der Waals surface area (Å²) in [7, 11) is 0. The highest BCUT2D eigenvalue weighted by Gasteiger charge is 2.05. The molecular weight excluding hydrogens is 272 g/mol. The van der Waals surface area contributed by atoms with E-state index in [1.54, 1.807) is 0 Å². The van der Waals surface area contributed by atoms with Gasteiger partial charge in [0.05, 0.1) is 12.2 Å². The van der Waals surface area contributed by atoms with Crippen LogP contribution in [0.15, 0.2) is 36.5 Å². The second-order valence-corrected chi connectivity index (χ2v) is 5.24. The van der Waals surface area contributed by atoms with Crippen LogP contribution in [0, 0.1) is 13.8 Å². The summed E-state index contributed by atoms with van der Waals surface area (Å²) in [6, 6.07) is 9.67. The van der Waals surface area contributed by atoms with Crippen LogP contribution in [0.4, 0.5) is 5.69 Å². The minimum absolute atomic E-state index is 0.656. The van der Waals surface area contributed by atoms with Crippen molar-refractivity contribution in [1.82, 2.24) is 14.4 Å². The number of benzene rings is 1. The zero-order valence-electron chi connectivity index (χ0n) is 11.4. The maximum Gasteiger partial charge on any atom is 0.234 e. The summed E-state index contributed by atoms with van der Waals surface area (Å²) in [6.07, 6.45) is 2.01. The van der Waals surface area contributed by atoms with Crippen molar-refractivity contribution in [2.75, 3.05) is 5.32 Å². The van der Waals surface area contributed by atoms with E-state index in [0.29, 0.717) is 6.54 Å². The van der Waals surface area contributed by atoms with Gasteiger partial charge in [0.2, 0.25) is 5.78 Å². The molecule has 0 amide bonds. The molecule has 2 aromatic heterocycles. The Morgan fingerprint density at radius 1 is 1.15 bits per heavy atom. The molecule has 0 saturated heterocycles. The third-order valence-electron chi connectivity index (χ3n) is 3.13. The molecule has 3 aromatic rings. The van der Waals surface area contributed by atoms with Crippen LogP contribution in [0.3, 0.4) is 0 Å². The second-order valence-electron chi connectivity index (χ2n) is 4.80. The Labute approximate surface area is 122 Å². The van der Waals surface area contributed by atoms with Crippen LogP contribution in [-0.2, 0) is 6.54 Å². The Hall–Kier alpha value is -2.07. The Morgan fingerprint density at radius 3 is 2.65 bits per heavy atom. The van der Waals surface area contributed by atoms with E-state index in [2.05, 4.69) is 22.2 Å². The van der Waals surface area contributed by atoms with E-state index in [-0.39, 0.29) is 0 Å². The lowest BCUT2D eigenvalue weighted by Gasteiger charge is -2.03. The Morgan fingerprint density at radius 2 is 1.90 bits per heavy atom. The van der Waals surface area contributed by atoms with E-state index in [9.17, 15) is 0 Å². The lowest BCUT2D eigenvalue weighted by atomic mass is 10.3. The number of aryl methyl sites for hydroxylation is 2. The average Bonchev–Trinajstić information content (AvgIpc) is 2.81. The zero-order chi connectivity index (χ0) is 14.1. The van der Waals surface area contributed by atoms with Crippen LogP contribution in [0.2, 0.25) is 5.02 Å². The van der Waals surface area contributed by atoms with Gasteiger partial charge in [0.1, 0.15) is 0 Å². The molecule has 0 spiro atoms. The van der Waals surface area contributed by atoms with Crippen molar-refractivity contribution in [1.29, 1.82) is 0 Å². The predicted molar refractivity (Wildman–Crippen MR) is 81.2 cm³/mol. The third-order valence-corrected chi connectivity index (χ3v) is 3.38. The molecule has 20 heavy (non-hydrogen) atoms. The van der Waals surface area contributed by atoms with Crippen molar-refractivity contribution in [3.8, 4) is 0 Å². The highest BCUT2D eigenvalue weighted by atomic mass is 35.5. The number of anilines is 1. The van der Waals surface area contributed by atoms with Gasteiger partial charge in [-0.25, -0.2) is 9.97 Å². The molecule has 0 atom stereocenters. The first-order valence-corrected chi connectivity index (χ1v) is 6.81. The van der Waals surface area contributed by atoms with Gasteiger partial charge in [0.15, 0.2) is 0 Å². The van der Waals surface area contributed by atoms with Crippen LogP contribution in [0.5, 0.6) is 0 Å². The molecule has 0 radical (unpaired) electrons. The van der Waals surface area contributed by atoms with Crippen molar-refractivity contribution >= 4 is 23.1 Å². The van der Waals surface area contributed by atoms with Crippen LogP contribution < -0.4 is 5.32 Å². The van der Waals surface area contributed by atoms with Crippen molar-refractivity contribution in [3.05, 3.63) is 58.6 Å². The van der Waals surface area contributed by atoms with Gasteiger partial charge in [-0.3, -0.25) is 4.40 Å². The second kappa shape index (κ2) is 5.13. The minimum Gasteiger partial charge on any atom is -0.379 e. The van der Waals surface area contributed by atoms with Crippen LogP contribution in [0.25, 0.3) is 5.78 Å². The molecule has 1 aromatic carbocycles. The normalized spacial score (nSPS) is 10.9. The fourth-order valence-corrected chi connectivity index (χ4v) is 2.29. The molecule has 0 bridgehead atoms. The number of hydrogen-bond donors (Lipinski definition) is 1. The summed E-state index contributed by atoms with van der Waals surface area (Å²) in [6.45, 7) is 4.69. The largest absolute Gasteiger partial charge is 0.379 e. The highest BCUT2D eigenvalue weighted by molar-refractivity contribution is 6.30. The van der Waals surface area contributed by atoms with E-state index in [1.807, 2.05) is 47.9 Å². The van der Waals surface area contributed by atoms with Crippen LogP contribution in [0.1, 0.15) is 17.1 Å². The first kappa shape index (κ1) is 12.9. The zero-order valence-corrected chi connectivity index (χ0v) is 12.1. The number of aromatic nitrogens is 3. The summed E-state index contributed by atoms with van der Waals surface area (Å²) in [4.78, 5) is 8.96. The van der Waals surface area contributed by atoms with Crippen molar-refractivity contribution in [2.24, 2.45) is 0 Å². The van der Waals surface area contributed by atoms with Gasteiger partial charge in [-0.15, -0.1) is 0 Å². The van der Waals surface area contributed by atoms with Crippen LogP contribution >= 0.6 is 11.6 Å². The molecule has 0 saturated carbocycles. The molecule has 0 aliphatic heterocycles. The molecule has 1 N–H and O–H groups in total. The van der Waals surface area contributed by atoms with Gasteiger partial charge in [-0.1, -0.05) is 11.6 Å². The summed E-state index contributed by atoms with van der Waals surface area (Å²) in [5.74, 6) is 0.746. The quantitative estimate of drug-likeness (QED) is 0.800. The SMILES string of the molecule is Cc1cc(C)n2cc(CNc3ccc(Cl)cc3)nc2n1. The van der Waals surface area contributed by atoms with Crippen LogP contribution in [-0.4, -0.2) is 14.4 Å². The fourth-order valence-electron chi connectivity index (χ4n) is 2.16. The topological polar surface area (TPSA) is 42.2 Å². The third kappa shape index (κ3) is 2.60. The number of imidazole rings is 1. The van der Waals surface area contributed by atoms with Crippen molar-refractivity contribution in [3.63, 3.8) is 0 Å². The van der Waals surface area contributed by atoms with Gasteiger partial charge < -0.3 is 5.32 Å². The molecule has 4 nitrogen and oxygen atoms in total. The molecule has 3 rings (SSSR count). The predicted octanol–water partition coefficient (Wildman–Crippen LogP) is 3.61. The highest BCUT2D eigenvalue weighted by Crippen LogP contribution is 2.15. The summed E-state index contributed by atoms with van der Waals surface area (Å²) < 4.78 is 2.01. The van der Waals surface area contributed by atoms with Gasteiger partial charge in [0, 0.05) is 28.3 Å². The number of halogens is 1. The summed E-state index contributed by atoms with van der Waals surface area (Å²) in [5.41, 5.74) is 4.10. The van der Waals surface area contributed by atoms with E-state index < -0.39 is 0 Å². The average molecular weight is 287 g/mol. The molecule has 0 unspecified atom stereocenters. The fraction of sp³-hybridized carbons (Fsp3) is 0.200.